The van der Waals surface area contributed by atoms with Crippen molar-refractivity contribution in [2.75, 3.05) is 31.1 Å². The van der Waals surface area contributed by atoms with E-state index in [2.05, 4.69) is 39.2 Å². The molecule has 0 aliphatic carbocycles. The number of hydrogen-bond acceptors (Lipinski definition) is 5. The summed E-state index contributed by atoms with van der Waals surface area (Å²) in [7, 11) is 0. The average molecular weight is 470 g/mol. The maximum absolute atomic E-state index is 13.0. The molecule has 1 amide bonds. The summed E-state index contributed by atoms with van der Waals surface area (Å²) in [6.45, 7) is 7.19. The number of aryl methyl sites for hydroxylation is 1. The summed E-state index contributed by atoms with van der Waals surface area (Å²) in [5.74, 6) is 1.11. The monoisotopic (exact) mass is 469 g/mol. The van der Waals surface area contributed by atoms with E-state index in [-0.39, 0.29) is 11.9 Å². The van der Waals surface area contributed by atoms with Gasteiger partial charge in [-0.1, -0.05) is 18.2 Å². The minimum Gasteiger partial charge on any atom is -0.357 e. The van der Waals surface area contributed by atoms with Crippen LogP contribution in [0.4, 0.5) is 5.82 Å². The molecule has 1 N–H and O–H groups in total. The standard InChI is InChI=1S/C29H35N5O/c1-22-7-9-24(18-27(22)25-6-5-13-30-20-25)29(35)32-26-11-16-33(17-12-26)21-23-8-10-28(31-19-23)34-14-3-2-4-15-34/h5-10,13,18-20,26H,2-4,11-12,14-17,21H2,1H3,(H,32,35). The molecule has 6 nitrogen and oxygen atoms in total. The second-order valence-corrected chi connectivity index (χ2v) is 9.87. The molecule has 0 saturated carbocycles. The first-order chi connectivity index (χ1) is 17.2. The molecule has 1 aromatic carbocycles. The maximum atomic E-state index is 13.0. The fraction of sp³-hybridized carbons (Fsp3) is 0.414. The van der Waals surface area contributed by atoms with E-state index < -0.39 is 0 Å². The number of carbonyl (C=O) groups is 1. The molecule has 35 heavy (non-hydrogen) atoms. The van der Waals surface area contributed by atoms with Gasteiger partial charge in [0.2, 0.25) is 0 Å². The molecule has 2 saturated heterocycles. The molecule has 3 aromatic rings. The zero-order valence-corrected chi connectivity index (χ0v) is 20.6. The van der Waals surface area contributed by atoms with Gasteiger partial charge in [-0.05, 0) is 80.0 Å². The topological polar surface area (TPSA) is 61.4 Å². The summed E-state index contributed by atoms with van der Waals surface area (Å²) in [4.78, 5) is 26.8. The lowest BCUT2D eigenvalue weighted by molar-refractivity contribution is 0.0909. The Balaban J connectivity index is 1.12. The third-order valence-electron chi connectivity index (χ3n) is 7.29. The van der Waals surface area contributed by atoms with Gasteiger partial charge in [0, 0.05) is 68.5 Å². The van der Waals surface area contributed by atoms with Crippen molar-refractivity contribution in [3.8, 4) is 11.1 Å². The van der Waals surface area contributed by atoms with E-state index in [1.54, 1.807) is 6.20 Å². The Kier molecular flexibility index (Phi) is 7.38. The van der Waals surface area contributed by atoms with Crippen molar-refractivity contribution in [1.29, 1.82) is 0 Å². The summed E-state index contributed by atoms with van der Waals surface area (Å²) in [6.07, 6.45) is 11.4. The van der Waals surface area contributed by atoms with Crippen molar-refractivity contribution in [1.82, 2.24) is 20.2 Å². The Morgan fingerprint density at radius 2 is 1.83 bits per heavy atom. The molecule has 0 bridgehead atoms. The molecule has 2 aliphatic heterocycles. The van der Waals surface area contributed by atoms with Crippen LogP contribution >= 0.6 is 0 Å². The van der Waals surface area contributed by atoms with Gasteiger partial charge in [-0.2, -0.15) is 0 Å². The molecule has 2 fully saturated rings. The largest absolute Gasteiger partial charge is 0.357 e. The first kappa shape index (κ1) is 23.5. The van der Waals surface area contributed by atoms with E-state index in [9.17, 15) is 4.79 Å². The van der Waals surface area contributed by atoms with Gasteiger partial charge in [0.05, 0.1) is 0 Å². The van der Waals surface area contributed by atoms with Crippen LogP contribution in [0.5, 0.6) is 0 Å². The number of amides is 1. The number of aromatic nitrogens is 2. The first-order valence-corrected chi connectivity index (χ1v) is 12.9. The summed E-state index contributed by atoms with van der Waals surface area (Å²) < 4.78 is 0. The Hall–Kier alpha value is -3.25. The number of pyridine rings is 2. The summed E-state index contributed by atoms with van der Waals surface area (Å²) in [5.41, 5.74) is 5.20. The van der Waals surface area contributed by atoms with E-state index >= 15 is 0 Å². The van der Waals surface area contributed by atoms with E-state index in [0.717, 1.165) is 68.1 Å². The molecule has 6 heteroatoms. The van der Waals surface area contributed by atoms with Gasteiger partial charge in [-0.25, -0.2) is 4.98 Å². The Morgan fingerprint density at radius 3 is 2.54 bits per heavy atom. The SMILES string of the molecule is Cc1ccc(C(=O)NC2CCN(Cc3ccc(N4CCCCC4)nc3)CC2)cc1-c1cccnc1. The molecule has 5 rings (SSSR count). The highest BCUT2D eigenvalue weighted by molar-refractivity contribution is 5.96. The lowest BCUT2D eigenvalue weighted by Gasteiger charge is -2.32. The summed E-state index contributed by atoms with van der Waals surface area (Å²) >= 11 is 0. The van der Waals surface area contributed by atoms with E-state index in [1.807, 2.05) is 42.7 Å². The molecular formula is C29H35N5O. The van der Waals surface area contributed by atoms with Gasteiger partial charge in [-0.15, -0.1) is 0 Å². The molecule has 2 aromatic heterocycles. The lowest BCUT2D eigenvalue weighted by atomic mass is 9.98. The van der Waals surface area contributed by atoms with Crippen LogP contribution in [0, 0.1) is 6.92 Å². The highest BCUT2D eigenvalue weighted by Gasteiger charge is 2.22. The van der Waals surface area contributed by atoms with Crippen molar-refractivity contribution < 1.29 is 4.79 Å². The molecule has 0 unspecified atom stereocenters. The Labute approximate surface area is 208 Å². The molecule has 4 heterocycles. The molecule has 182 valence electrons. The number of piperidine rings is 2. The van der Waals surface area contributed by atoms with Crippen molar-refractivity contribution in [3.63, 3.8) is 0 Å². The van der Waals surface area contributed by atoms with Crippen LogP contribution in [0.3, 0.4) is 0 Å². The van der Waals surface area contributed by atoms with E-state index in [1.165, 1.54) is 24.8 Å². The van der Waals surface area contributed by atoms with Gasteiger partial charge in [0.15, 0.2) is 0 Å². The maximum Gasteiger partial charge on any atom is 0.251 e. The van der Waals surface area contributed by atoms with Crippen molar-refractivity contribution in [2.24, 2.45) is 0 Å². The van der Waals surface area contributed by atoms with Gasteiger partial charge < -0.3 is 10.2 Å². The fourth-order valence-corrected chi connectivity index (χ4v) is 5.18. The number of anilines is 1. The smallest absolute Gasteiger partial charge is 0.251 e. The number of likely N-dealkylation sites (tertiary alicyclic amines) is 1. The minimum absolute atomic E-state index is 0.00564. The molecule has 0 radical (unpaired) electrons. The number of hydrogen-bond donors (Lipinski definition) is 1. The highest BCUT2D eigenvalue weighted by Crippen LogP contribution is 2.24. The van der Waals surface area contributed by atoms with Crippen LogP contribution in [0.25, 0.3) is 11.1 Å². The van der Waals surface area contributed by atoms with E-state index in [4.69, 9.17) is 4.98 Å². The quantitative estimate of drug-likeness (QED) is 0.560. The van der Waals surface area contributed by atoms with E-state index in [0.29, 0.717) is 5.56 Å². The number of carbonyl (C=O) groups excluding carboxylic acids is 1. The van der Waals surface area contributed by atoms with Gasteiger partial charge in [0.25, 0.3) is 5.91 Å². The molecule has 2 aliphatic rings. The second-order valence-electron chi connectivity index (χ2n) is 9.87. The van der Waals surface area contributed by atoms with Crippen LogP contribution in [0.1, 0.15) is 53.6 Å². The zero-order chi connectivity index (χ0) is 24.0. The third kappa shape index (κ3) is 5.88. The number of nitrogens with one attached hydrogen (secondary N) is 1. The van der Waals surface area contributed by atoms with Crippen LogP contribution in [-0.2, 0) is 6.54 Å². The predicted octanol–water partition coefficient (Wildman–Crippen LogP) is 4.84. The van der Waals surface area contributed by atoms with Gasteiger partial charge in [0.1, 0.15) is 5.82 Å². The fourth-order valence-electron chi connectivity index (χ4n) is 5.18. The first-order valence-electron chi connectivity index (χ1n) is 12.9. The van der Waals surface area contributed by atoms with Crippen LogP contribution in [-0.4, -0.2) is 53.0 Å². The van der Waals surface area contributed by atoms with Crippen molar-refractivity contribution in [2.45, 2.75) is 51.6 Å². The molecule has 0 atom stereocenters. The van der Waals surface area contributed by atoms with Crippen LogP contribution in [0.2, 0.25) is 0 Å². The second kappa shape index (κ2) is 11.0. The Morgan fingerprint density at radius 1 is 1.00 bits per heavy atom. The third-order valence-corrected chi connectivity index (χ3v) is 7.29. The normalized spacial score (nSPS) is 17.3. The van der Waals surface area contributed by atoms with Crippen LogP contribution in [0.15, 0.2) is 61.1 Å². The Bertz CT molecular complexity index is 1120. The molecular weight excluding hydrogens is 434 g/mol. The summed E-state index contributed by atoms with van der Waals surface area (Å²) in [6, 6.07) is 14.5. The van der Waals surface area contributed by atoms with Gasteiger partial charge in [-0.3, -0.25) is 14.7 Å². The van der Waals surface area contributed by atoms with Crippen molar-refractivity contribution >= 4 is 11.7 Å². The highest BCUT2D eigenvalue weighted by atomic mass is 16.1. The number of nitrogens with zero attached hydrogens (tertiary/aromatic N) is 4. The summed E-state index contributed by atoms with van der Waals surface area (Å²) in [5, 5.41) is 3.26. The molecule has 0 spiro atoms. The van der Waals surface area contributed by atoms with Crippen molar-refractivity contribution in [3.05, 3.63) is 77.7 Å². The average Bonchev–Trinajstić information content (AvgIpc) is 2.91. The van der Waals surface area contributed by atoms with Crippen LogP contribution < -0.4 is 10.2 Å². The zero-order valence-electron chi connectivity index (χ0n) is 20.6. The minimum atomic E-state index is 0.00564. The predicted molar refractivity (Wildman–Crippen MR) is 140 cm³/mol. The lowest BCUT2D eigenvalue weighted by Crippen LogP contribution is -2.44. The van der Waals surface area contributed by atoms with Gasteiger partial charge >= 0.3 is 0 Å². The number of rotatable bonds is 6. The number of benzene rings is 1.